The van der Waals surface area contributed by atoms with Crippen LogP contribution in [-0.4, -0.2) is 18.2 Å². The van der Waals surface area contributed by atoms with Crippen molar-refractivity contribution in [2.24, 2.45) is 0 Å². The molecule has 0 saturated carbocycles. The van der Waals surface area contributed by atoms with Gasteiger partial charge in [0.25, 0.3) is 0 Å². The molecule has 0 aliphatic heterocycles. The van der Waals surface area contributed by atoms with Gasteiger partial charge in [-0.15, -0.1) is 0 Å². The smallest absolute Gasteiger partial charge is 0.329 e. The summed E-state index contributed by atoms with van der Waals surface area (Å²) < 4.78 is 17.8. The van der Waals surface area contributed by atoms with E-state index in [1.54, 1.807) is 6.07 Å². The number of halogens is 1. The molecule has 0 unspecified atom stereocenters. The molecule has 2 N–H and O–H groups in total. The molecule has 4 nitrogen and oxygen atoms in total. The number of carbonyl (C=O) groups is 1. The number of aliphatic carboxylic acids is 1. The average molecular weight is 211 g/mol. The Balaban J connectivity index is 2.76. The number of ether oxygens (including phenoxy) is 1. The number of hydrogen-bond acceptors (Lipinski definition) is 3. The molecule has 0 aliphatic rings. The van der Waals surface area contributed by atoms with Crippen LogP contribution >= 0.6 is 0 Å². The van der Waals surface area contributed by atoms with Gasteiger partial charge >= 0.3 is 5.97 Å². The summed E-state index contributed by atoms with van der Waals surface area (Å²) in [6, 6.07) is 4.01. The van der Waals surface area contributed by atoms with Crippen LogP contribution in [-0.2, 0) is 4.79 Å². The van der Waals surface area contributed by atoms with Crippen molar-refractivity contribution in [2.45, 2.75) is 0 Å². The van der Waals surface area contributed by atoms with Gasteiger partial charge in [0.15, 0.2) is 0 Å². The van der Waals surface area contributed by atoms with Gasteiger partial charge in [0.1, 0.15) is 11.6 Å². The Morgan fingerprint density at radius 2 is 2.27 bits per heavy atom. The average Bonchev–Trinajstić information content (AvgIpc) is 2.16. The van der Waals surface area contributed by atoms with Crippen LogP contribution in [0.3, 0.4) is 0 Å². The molecule has 0 fully saturated rings. The summed E-state index contributed by atoms with van der Waals surface area (Å²) in [5.41, 5.74) is 0.421. The van der Waals surface area contributed by atoms with Gasteiger partial charge in [-0.2, -0.15) is 0 Å². The third-order valence-corrected chi connectivity index (χ3v) is 1.58. The molecule has 80 valence electrons. The Morgan fingerprint density at radius 3 is 2.87 bits per heavy atom. The van der Waals surface area contributed by atoms with Crippen molar-refractivity contribution < 1.29 is 19.0 Å². The van der Waals surface area contributed by atoms with Gasteiger partial charge in [0, 0.05) is 30.1 Å². The summed E-state index contributed by atoms with van der Waals surface area (Å²) in [4.78, 5) is 10.2. The zero-order chi connectivity index (χ0) is 11.3. The maximum absolute atomic E-state index is 12.9. The number of anilines is 1. The molecule has 0 atom stereocenters. The molecular formula is C10H10FNO3. The van der Waals surface area contributed by atoms with E-state index in [9.17, 15) is 9.18 Å². The number of benzene rings is 1. The van der Waals surface area contributed by atoms with Gasteiger partial charge < -0.3 is 15.2 Å². The van der Waals surface area contributed by atoms with E-state index >= 15 is 0 Å². The van der Waals surface area contributed by atoms with Crippen molar-refractivity contribution in [1.29, 1.82) is 0 Å². The van der Waals surface area contributed by atoms with E-state index in [0.717, 1.165) is 6.08 Å². The van der Waals surface area contributed by atoms with Crippen LogP contribution in [0.25, 0.3) is 0 Å². The highest BCUT2D eigenvalue weighted by molar-refractivity contribution is 5.80. The molecule has 0 aliphatic carbocycles. The first kappa shape index (κ1) is 11.0. The van der Waals surface area contributed by atoms with E-state index in [0.29, 0.717) is 11.4 Å². The van der Waals surface area contributed by atoms with Crippen LogP contribution in [0, 0.1) is 5.82 Å². The minimum atomic E-state index is -1.08. The van der Waals surface area contributed by atoms with Gasteiger partial charge in [-0.1, -0.05) is 0 Å². The molecule has 0 aromatic heterocycles. The minimum Gasteiger partial charge on any atom is -0.497 e. The number of carboxylic acids is 1. The molecule has 1 aromatic rings. The van der Waals surface area contributed by atoms with Gasteiger partial charge in [-0.25, -0.2) is 9.18 Å². The lowest BCUT2D eigenvalue weighted by Gasteiger charge is -2.04. The van der Waals surface area contributed by atoms with E-state index in [-0.39, 0.29) is 0 Å². The van der Waals surface area contributed by atoms with E-state index in [4.69, 9.17) is 9.84 Å². The molecule has 0 radical (unpaired) electrons. The predicted molar refractivity (Wildman–Crippen MR) is 53.4 cm³/mol. The normalized spacial score (nSPS) is 10.3. The number of nitrogens with one attached hydrogen (secondary N) is 1. The van der Waals surface area contributed by atoms with Crippen LogP contribution in [0.4, 0.5) is 10.1 Å². The second kappa shape index (κ2) is 4.99. The van der Waals surface area contributed by atoms with Crippen molar-refractivity contribution in [2.75, 3.05) is 12.4 Å². The minimum absolute atomic E-state index is 0.362. The van der Waals surface area contributed by atoms with Crippen molar-refractivity contribution in [1.82, 2.24) is 0 Å². The molecule has 0 saturated heterocycles. The monoisotopic (exact) mass is 211 g/mol. The maximum atomic E-state index is 12.9. The van der Waals surface area contributed by atoms with Crippen LogP contribution in [0.15, 0.2) is 30.5 Å². The van der Waals surface area contributed by atoms with Crippen LogP contribution in [0.5, 0.6) is 5.75 Å². The molecule has 15 heavy (non-hydrogen) atoms. The summed E-state index contributed by atoms with van der Waals surface area (Å²) in [6.07, 6.45) is 2.12. The first-order chi connectivity index (χ1) is 7.11. The summed E-state index contributed by atoms with van der Waals surface area (Å²) in [6.45, 7) is 0. The Kier molecular flexibility index (Phi) is 3.68. The van der Waals surface area contributed by atoms with E-state index in [2.05, 4.69) is 5.32 Å². The predicted octanol–water partition coefficient (Wildman–Crippen LogP) is 1.84. The third-order valence-electron chi connectivity index (χ3n) is 1.58. The number of methoxy groups -OCH3 is 1. The first-order valence-electron chi connectivity index (χ1n) is 4.12. The molecule has 0 bridgehead atoms. The van der Waals surface area contributed by atoms with Crippen LogP contribution < -0.4 is 10.1 Å². The molecule has 1 aromatic carbocycles. The maximum Gasteiger partial charge on any atom is 0.329 e. The van der Waals surface area contributed by atoms with Crippen molar-refractivity contribution in [3.63, 3.8) is 0 Å². The summed E-state index contributed by atoms with van der Waals surface area (Å²) in [7, 11) is 1.42. The second-order valence-corrected chi connectivity index (χ2v) is 2.70. The topological polar surface area (TPSA) is 58.6 Å². The fourth-order valence-electron chi connectivity index (χ4n) is 0.973. The summed E-state index contributed by atoms with van der Waals surface area (Å²) >= 11 is 0. The lowest BCUT2D eigenvalue weighted by Crippen LogP contribution is -1.94. The number of hydrogen-bond donors (Lipinski definition) is 2. The fourth-order valence-corrected chi connectivity index (χ4v) is 0.973. The Hall–Kier alpha value is -2.04. The molecular weight excluding hydrogens is 201 g/mol. The van der Waals surface area contributed by atoms with Crippen LogP contribution in [0.1, 0.15) is 0 Å². The van der Waals surface area contributed by atoms with E-state index < -0.39 is 11.8 Å². The summed E-state index contributed by atoms with van der Waals surface area (Å²) in [5.74, 6) is -1.17. The molecule has 0 heterocycles. The highest BCUT2D eigenvalue weighted by Crippen LogP contribution is 2.19. The molecule has 0 amide bonds. The van der Waals surface area contributed by atoms with Gasteiger partial charge in [0.05, 0.1) is 7.11 Å². The largest absolute Gasteiger partial charge is 0.497 e. The van der Waals surface area contributed by atoms with Gasteiger partial charge in [-0.05, 0) is 6.07 Å². The number of rotatable bonds is 4. The van der Waals surface area contributed by atoms with Gasteiger partial charge in [0.2, 0.25) is 0 Å². The lowest BCUT2D eigenvalue weighted by atomic mass is 10.3. The Bertz CT molecular complexity index is 390. The zero-order valence-corrected chi connectivity index (χ0v) is 8.03. The lowest BCUT2D eigenvalue weighted by molar-refractivity contribution is -0.131. The summed E-state index contributed by atoms with van der Waals surface area (Å²) in [5, 5.41) is 10.9. The highest BCUT2D eigenvalue weighted by atomic mass is 19.1. The first-order valence-corrected chi connectivity index (χ1v) is 4.12. The molecule has 0 spiro atoms. The highest BCUT2D eigenvalue weighted by Gasteiger charge is 1.99. The van der Waals surface area contributed by atoms with E-state index in [1.807, 2.05) is 0 Å². The van der Waals surface area contributed by atoms with Gasteiger partial charge in [-0.3, -0.25) is 0 Å². The van der Waals surface area contributed by atoms with Crippen LogP contribution in [0.2, 0.25) is 0 Å². The molecule has 5 heteroatoms. The third kappa shape index (κ3) is 3.68. The van der Waals surface area contributed by atoms with Crippen molar-refractivity contribution >= 4 is 11.7 Å². The standard InChI is InChI=1S/C10H10FNO3/c1-15-9-5-7(11)4-8(6-9)12-3-2-10(13)14/h2-6,12H,1H3,(H,13,14)/b3-2+. The second-order valence-electron chi connectivity index (χ2n) is 2.70. The molecule has 1 rings (SSSR count). The zero-order valence-electron chi connectivity index (χ0n) is 8.03. The number of carboxylic acid groups (broad SMARTS) is 1. The Morgan fingerprint density at radius 1 is 1.53 bits per heavy atom. The quantitative estimate of drug-likeness (QED) is 0.746. The SMILES string of the molecule is COc1cc(F)cc(N/C=C/C(=O)O)c1. The van der Waals surface area contributed by atoms with Crippen molar-refractivity contribution in [3.05, 3.63) is 36.3 Å². The fraction of sp³-hybridized carbons (Fsp3) is 0.100. The Labute approximate surface area is 86.0 Å². The van der Waals surface area contributed by atoms with E-state index in [1.165, 1.54) is 25.4 Å². The van der Waals surface area contributed by atoms with Crippen molar-refractivity contribution in [3.8, 4) is 5.75 Å².